The largest absolute Gasteiger partial charge is 0.393 e. The third kappa shape index (κ3) is 1.48. The summed E-state index contributed by atoms with van der Waals surface area (Å²) in [6.45, 7) is 8.48. The fraction of sp³-hybridized carbons (Fsp3) is 0.800. The van der Waals surface area contributed by atoms with Crippen molar-refractivity contribution in [3.63, 3.8) is 0 Å². The highest BCUT2D eigenvalue weighted by molar-refractivity contribution is 5.10. The second-order valence-electron chi connectivity index (χ2n) is 4.42. The summed E-state index contributed by atoms with van der Waals surface area (Å²) in [5, 5.41) is 9.43. The van der Waals surface area contributed by atoms with E-state index in [1.54, 1.807) is 0 Å². The molecule has 0 unspecified atom stereocenters. The van der Waals surface area contributed by atoms with Gasteiger partial charge in [0.2, 0.25) is 0 Å². The van der Waals surface area contributed by atoms with E-state index in [4.69, 9.17) is 0 Å². The fourth-order valence-electron chi connectivity index (χ4n) is 1.62. The number of hydrogen-bond acceptors (Lipinski definition) is 1. The summed E-state index contributed by atoms with van der Waals surface area (Å²) in [5.41, 5.74) is 1.46. The van der Waals surface area contributed by atoms with Crippen LogP contribution < -0.4 is 0 Å². The van der Waals surface area contributed by atoms with Gasteiger partial charge < -0.3 is 5.11 Å². The van der Waals surface area contributed by atoms with Gasteiger partial charge in [0.1, 0.15) is 0 Å². The quantitative estimate of drug-likeness (QED) is 0.575. The van der Waals surface area contributed by atoms with Crippen molar-refractivity contribution in [3.8, 4) is 0 Å². The molecule has 1 saturated carbocycles. The number of allylic oxidation sites excluding steroid dienone is 2. The molecule has 0 spiro atoms. The van der Waals surface area contributed by atoms with E-state index >= 15 is 0 Å². The Morgan fingerprint density at radius 1 is 1.45 bits per heavy atom. The highest BCUT2D eigenvalue weighted by atomic mass is 16.3. The van der Waals surface area contributed by atoms with Crippen molar-refractivity contribution in [1.29, 1.82) is 0 Å². The lowest BCUT2D eigenvalue weighted by molar-refractivity contribution is -0.0775. The minimum atomic E-state index is -0.0944. The van der Waals surface area contributed by atoms with E-state index in [0.29, 0.717) is 5.92 Å². The molecule has 0 radical (unpaired) electrons. The smallest absolute Gasteiger partial charge is 0.0602 e. The molecule has 1 rings (SSSR count). The molecule has 1 fully saturated rings. The van der Waals surface area contributed by atoms with Gasteiger partial charge in [0, 0.05) is 0 Å². The SMILES string of the molecule is CC(C)=C[C@@H]1C[C@@H](O)C1(C)C. The maximum Gasteiger partial charge on any atom is 0.0602 e. The second kappa shape index (κ2) is 2.63. The van der Waals surface area contributed by atoms with Crippen LogP contribution in [0.2, 0.25) is 0 Å². The fourth-order valence-corrected chi connectivity index (χ4v) is 1.62. The first-order valence-electron chi connectivity index (χ1n) is 4.27. The summed E-state index contributed by atoms with van der Waals surface area (Å²) in [4.78, 5) is 0. The Bertz CT molecular complexity index is 175. The molecule has 1 N–H and O–H groups in total. The average molecular weight is 154 g/mol. The van der Waals surface area contributed by atoms with E-state index in [1.807, 2.05) is 0 Å². The lowest BCUT2D eigenvalue weighted by Crippen LogP contribution is -2.48. The van der Waals surface area contributed by atoms with Crippen LogP contribution in [-0.2, 0) is 0 Å². The van der Waals surface area contributed by atoms with Crippen LogP contribution in [-0.4, -0.2) is 11.2 Å². The molecular formula is C10H18O. The predicted molar refractivity (Wildman–Crippen MR) is 47.3 cm³/mol. The van der Waals surface area contributed by atoms with E-state index < -0.39 is 0 Å². The third-order valence-corrected chi connectivity index (χ3v) is 2.83. The van der Waals surface area contributed by atoms with Gasteiger partial charge >= 0.3 is 0 Å². The van der Waals surface area contributed by atoms with Crippen LogP contribution in [0, 0.1) is 11.3 Å². The van der Waals surface area contributed by atoms with Crippen molar-refractivity contribution in [2.24, 2.45) is 11.3 Å². The normalized spacial score (nSPS) is 34.3. The first-order valence-corrected chi connectivity index (χ1v) is 4.27. The van der Waals surface area contributed by atoms with E-state index in [-0.39, 0.29) is 11.5 Å². The Hall–Kier alpha value is -0.300. The summed E-state index contributed by atoms with van der Waals surface area (Å²) in [5.74, 6) is 0.586. The minimum absolute atomic E-state index is 0.0944. The molecule has 1 heteroatoms. The lowest BCUT2D eigenvalue weighted by Gasteiger charge is -2.48. The minimum Gasteiger partial charge on any atom is -0.393 e. The van der Waals surface area contributed by atoms with Crippen LogP contribution in [0.15, 0.2) is 11.6 Å². The summed E-state index contributed by atoms with van der Waals surface area (Å²) < 4.78 is 0. The van der Waals surface area contributed by atoms with Crippen LogP contribution >= 0.6 is 0 Å². The van der Waals surface area contributed by atoms with Crippen LogP contribution in [0.1, 0.15) is 34.1 Å². The van der Waals surface area contributed by atoms with Crippen LogP contribution in [0.4, 0.5) is 0 Å². The van der Waals surface area contributed by atoms with E-state index in [1.165, 1.54) is 5.57 Å². The van der Waals surface area contributed by atoms with Crippen molar-refractivity contribution in [3.05, 3.63) is 11.6 Å². The van der Waals surface area contributed by atoms with Crippen molar-refractivity contribution in [2.45, 2.75) is 40.2 Å². The first kappa shape index (κ1) is 8.79. The van der Waals surface area contributed by atoms with Gasteiger partial charge in [-0.05, 0) is 31.6 Å². The number of aliphatic hydroxyl groups is 1. The topological polar surface area (TPSA) is 20.2 Å². The molecule has 1 nitrogen and oxygen atoms in total. The molecular weight excluding hydrogens is 136 g/mol. The highest BCUT2D eigenvalue weighted by Gasteiger charge is 2.45. The molecule has 11 heavy (non-hydrogen) atoms. The van der Waals surface area contributed by atoms with Gasteiger partial charge in [-0.15, -0.1) is 0 Å². The molecule has 0 aromatic heterocycles. The number of rotatable bonds is 1. The third-order valence-electron chi connectivity index (χ3n) is 2.83. The Morgan fingerprint density at radius 2 is 2.00 bits per heavy atom. The molecule has 0 saturated heterocycles. The Balaban J connectivity index is 2.60. The molecule has 0 aromatic rings. The van der Waals surface area contributed by atoms with Crippen LogP contribution in [0.5, 0.6) is 0 Å². The second-order valence-corrected chi connectivity index (χ2v) is 4.42. The Labute approximate surface area is 69.1 Å². The van der Waals surface area contributed by atoms with Crippen molar-refractivity contribution in [1.82, 2.24) is 0 Å². The monoisotopic (exact) mass is 154 g/mol. The Morgan fingerprint density at radius 3 is 2.27 bits per heavy atom. The van der Waals surface area contributed by atoms with Crippen molar-refractivity contribution in [2.75, 3.05) is 0 Å². The zero-order valence-electron chi connectivity index (χ0n) is 7.89. The summed E-state index contributed by atoms with van der Waals surface area (Å²) in [6.07, 6.45) is 3.12. The lowest BCUT2D eigenvalue weighted by atomic mass is 9.60. The van der Waals surface area contributed by atoms with Gasteiger partial charge in [0.15, 0.2) is 0 Å². The standard InChI is InChI=1S/C10H18O/c1-7(2)5-8-6-9(11)10(8,3)4/h5,8-9,11H,6H2,1-4H3/t8-,9-/m1/s1. The molecule has 1 aliphatic carbocycles. The zero-order valence-corrected chi connectivity index (χ0v) is 7.89. The van der Waals surface area contributed by atoms with Crippen molar-refractivity contribution < 1.29 is 5.11 Å². The number of aliphatic hydroxyl groups excluding tert-OH is 1. The van der Waals surface area contributed by atoms with Gasteiger partial charge in [0.05, 0.1) is 6.10 Å². The summed E-state index contributed by atoms with van der Waals surface area (Å²) in [6, 6.07) is 0. The summed E-state index contributed by atoms with van der Waals surface area (Å²) >= 11 is 0. The maximum atomic E-state index is 9.43. The van der Waals surface area contributed by atoms with E-state index in [0.717, 1.165) is 6.42 Å². The molecule has 2 atom stereocenters. The van der Waals surface area contributed by atoms with Crippen LogP contribution in [0.25, 0.3) is 0 Å². The highest BCUT2D eigenvalue weighted by Crippen LogP contribution is 2.47. The molecule has 0 bridgehead atoms. The number of hydrogen-bond donors (Lipinski definition) is 1. The van der Waals surface area contributed by atoms with E-state index in [2.05, 4.69) is 33.8 Å². The molecule has 1 aliphatic rings. The van der Waals surface area contributed by atoms with Gasteiger partial charge in [-0.3, -0.25) is 0 Å². The predicted octanol–water partition coefficient (Wildman–Crippen LogP) is 2.36. The van der Waals surface area contributed by atoms with Crippen LogP contribution in [0.3, 0.4) is 0 Å². The molecule has 0 aromatic carbocycles. The molecule has 64 valence electrons. The summed E-state index contributed by atoms with van der Waals surface area (Å²) in [7, 11) is 0. The molecule has 0 aliphatic heterocycles. The van der Waals surface area contributed by atoms with E-state index in [9.17, 15) is 5.11 Å². The van der Waals surface area contributed by atoms with Gasteiger partial charge in [-0.2, -0.15) is 0 Å². The maximum absolute atomic E-state index is 9.43. The van der Waals surface area contributed by atoms with Gasteiger partial charge in [0.25, 0.3) is 0 Å². The van der Waals surface area contributed by atoms with Gasteiger partial charge in [-0.25, -0.2) is 0 Å². The van der Waals surface area contributed by atoms with Gasteiger partial charge in [-0.1, -0.05) is 25.5 Å². The zero-order chi connectivity index (χ0) is 8.65. The Kier molecular flexibility index (Phi) is 2.10. The first-order chi connectivity index (χ1) is 4.94. The molecule has 0 amide bonds. The van der Waals surface area contributed by atoms with Crippen molar-refractivity contribution >= 4 is 0 Å². The molecule has 0 heterocycles. The average Bonchev–Trinajstić information content (AvgIpc) is 1.87.